The predicted octanol–water partition coefficient (Wildman–Crippen LogP) is 1.91. The van der Waals surface area contributed by atoms with E-state index in [1.807, 2.05) is 20.2 Å². The molecule has 2 N–H and O–H groups in total. The zero-order chi connectivity index (χ0) is 10.8. The Balaban J connectivity index is 2.86. The molecule has 14 heavy (non-hydrogen) atoms. The summed E-state index contributed by atoms with van der Waals surface area (Å²) in [6.45, 7) is 5.39. The maximum absolute atomic E-state index is 6.00. The molecule has 2 nitrogen and oxygen atoms in total. The summed E-state index contributed by atoms with van der Waals surface area (Å²) in [4.78, 5) is 0. The zero-order valence-electron chi connectivity index (χ0n) is 9.62. The van der Waals surface area contributed by atoms with Crippen LogP contribution in [0.25, 0.3) is 0 Å². The molecule has 2 heteroatoms. The Hall–Kier alpha value is -0.860. The first-order valence-corrected chi connectivity index (χ1v) is 4.98. The second kappa shape index (κ2) is 3.71. The topological polar surface area (TPSA) is 26.0 Å². The molecule has 0 saturated carbocycles. The van der Waals surface area contributed by atoms with Crippen LogP contribution >= 0.6 is 0 Å². The van der Waals surface area contributed by atoms with E-state index in [2.05, 4.69) is 38.1 Å². The van der Waals surface area contributed by atoms with E-state index in [-0.39, 0.29) is 5.41 Å². The molecule has 0 amide bonds. The predicted molar refractivity (Wildman–Crippen MR) is 60.6 cm³/mol. The molecule has 0 spiro atoms. The fourth-order valence-corrected chi connectivity index (χ4v) is 2.00. The molecule has 0 aliphatic rings. The molecular formula is C12H21N2+. The lowest BCUT2D eigenvalue weighted by atomic mass is 9.84. The van der Waals surface area contributed by atoms with Crippen molar-refractivity contribution >= 4 is 0 Å². The zero-order valence-corrected chi connectivity index (χ0v) is 9.62. The number of likely N-dealkylation sites (N-methyl/N-ethyl adjacent to an activating group) is 1. The first-order chi connectivity index (χ1) is 6.31. The van der Waals surface area contributed by atoms with Crippen molar-refractivity contribution in [1.29, 1.82) is 0 Å². The number of nitrogens with zero attached hydrogens (tertiary/aromatic N) is 1. The number of hydrogen-bond acceptors (Lipinski definition) is 1. The molecule has 0 aliphatic heterocycles. The largest absolute Gasteiger partial charge is 0.252 e. The minimum Gasteiger partial charge on any atom is -0.252 e. The van der Waals surface area contributed by atoms with Crippen LogP contribution in [0.1, 0.15) is 19.4 Å². The van der Waals surface area contributed by atoms with Gasteiger partial charge in [-0.25, -0.2) is 0 Å². The Morgan fingerprint density at radius 2 is 1.64 bits per heavy atom. The average Bonchev–Trinajstić information content (AvgIpc) is 2.01. The fraction of sp³-hybridized carbons (Fsp3) is 0.500. The van der Waals surface area contributed by atoms with Crippen molar-refractivity contribution in [2.45, 2.75) is 19.3 Å². The third-order valence-corrected chi connectivity index (χ3v) is 2.36. The number of nitrogens with two attached hydrogens (primary N) is 1. The van der Waals surface area contributed by atoms with Crippen LogP contribution < -0.4 is 5.84 Å². The fourth-order valence-electron chi connectivity index (χ4n) is 2.00. The Morgan fingerprint density at radius 1 is 1.14 bits per heavy atom. The van der Waals surface area contributed by atoms with E-state index >= 15 is 0 Å². The van der Waals surface area contributed by atoms with Gasteiger partial charge in [0.15, 0.2) is 0 Å². The summed E-state index contributed by atoms with van der Waals surface area (Å²) in [7, 11) is 4.04. The highest BCUT2D eigenvalue weighted by molar-refractivity contribution is 5.23. The van der Waals surface area contributed by atoms with E-state index in [4.69, 9.17) is 5.84 Å². The number of quaternary nitrogens is 1. The minimum atomic E-state index is 0.125. The third-order valence-electron chi connectivity index (χ3n) is 2.36. The molecule has 0 heterocycles. The molecule has 0 unspecified atom stereocenters. The maximum Gasteiger partial charge on any atom is 0.105 e. The summed E-state index contributed by atoms with van der Waals surface area (Å²) in [5, 5.41) is 0. The van der Waals surface area contributed by atoms with Crippen molar-refractivity contribution in [3.8, 4) is 0 Å². The lowest BCUT2D eigenvalue weighted by Gasteiger charge is -2.33. The van der Waals surface area contributed by atoms with Crippen LogP contribution in [-0.4, -0.2) is 25.2 Å². The highest BCUT2D eigenvalue weighted by atomic mass is 15.5. The quantitative estimate of drug-likeness (QED) is 0.443. The van der Waals surface area contributed by atoms with Crippen molar-refractivity contribution in [3.63, 3.8) is 0 Å². The summed E-state index contributed by atoms with van der Waals surface area (Å²) in [6.07, 6.45) is 0. The van der Waals surface area contributed by atoms with Crippen molar-refractivity contribution < 1.29 is 4.59 Å². The van der Waals surface area contributed by atoms with Crippen molar-refractivity contribution in [1.82, 2.24) is 0 Å². The van der Waals surface area contributed by atoms with E-state index < -0.39 is 0 Å². The lowest BCUT2D eigenvalue weighted by Crippen LogP contribution is -2.53. The third kappa shape index (κ3) is 3.13. The SMILES string of the molecule is CC(C)(C[N+](C)(C)N)c1ccccc1. The molecular weight excluding hydrogens is 172 g/mol. The molecule has 1 rings (SSSR count). The van der Waals surface area contributed by atoms with Gasteiger partial charge in [0.05, 0.1) is 14.1 Å². The van der Waals surface area contributed by atoms with Crippen LogP contribution in [-0.2, 0) is 5.41 Å². The molecule has 0 bridgehead atoms. The Labute approximate surface area is 86.9 Å². The van der Waals surface area contributed by atoms with Crippen LogP contribution in [0.4, 0.5) is 0 Å². The van der Waals surface area contributed by atoms with Crippen LogP contribution in [0.15, 0.2) is 30.3 Å². The van der Waals surface area contributed by atoms with Gasteiger partial charge in [-0.3, -0.25) is 4.59 Å². The summed E-state index contributed by atoms with van der Waals surface area (Å²) < 4.78 is 0.502. The Morgan fingerprint density at radius 3 is 2.07 bits per heavy atom. The van der Waals surface area contributed by atoms with Gasteiger partial charge in [-0.2, -0.15) is 5.84 Å². The molecule has 78 valence electrons. The summed E-state index contributed by atoms with van der Waals surface area (Å²) in [5.74, 6) is 6.00. The van der Waals surface area contributed by atoms with E-state index in [9.17, 15) is 0 Å². The van der Waals surface area contributed by atoms with Gasteiger partial charge in [0.25, 0.3) is 0 Å². The Kier molecular flexibility index (Phi) is 2.98. The van der Waals surface area contributed by atoms with Gasteiger partial charge in [-0.1, -0.05) is 44.2 Å². The van der Waals surface area contributed by atoms with Crippen LogP contribution in [0.3, 0.4) is 0 Å². The number of rotatable bonds is 3. The molecule has 0 aliphatic carbocycles. The highest BCUT2D eigenvalue weighted by Gasteiger charge is 2.28. The normalized spacial score (nSPS) is 12.9. The maximum atomic E-state index is 6.00. The Bertz CT molecular complexity index is 283. The van der Waals surface area contributed by atoms with Gasteiger partial charge in [-0.15, -0.1) is 0 Å². The lowest BCUT2D eigenvalue weighted by molar-refractivity contribution is -0.906. The smallest absolute Gasteiger partial charge is 0.105 e. The average molecular weight is 193 g/mol. The number of hydrogen-bond donors (Lipinski definition) is 1. The van der Waals surface area contributed by atoms with Gasteiger partial charge in [0.1, 0.15) is 6.54 Å². The van der Waals surface area contributed by atoms with Crippen LogP contribution in [0.2, 0.25) is 0 Å². The van der Waals surface area contributed by atoms with Gasteiger partial charge >= 0.3 is 0 Å². The van der Waals surface area contributed by atoms with Gasteiger partial charge in [0.2, 0.25) is 0 Å². The van der Waals surface area contributed by atoms with E-state index in [0.29, 0.717) is 4.59 Å². The van der Waals surface area contributed by atoms with Crippen molar-refractivity contribution in [2.24, 2.45) is 5.84 Å². The van der Waals surface area contributed by atoms with Gasteiger partial charge in [-0.05, 0) is 5.56 Å². The van der Waals surface area contributed by atoms with Crippen molar-refractivity contribution in [3.05, 3.63) is 35.9 Å². The van der Waals surface area contributed by atoms with E-state index in [1.54, 1.807) is 0 Å². The van der Waals surface area contributed by atoms with Gasteiger partial charge < -0.3 is 0 Å². The molecule has 1 aromatic carbocycles. The summed E-state index contributed by atoms with van der Waals surface area (Å²) >= 11 is 0. The van der Waals surface area contributed by atoms with E-state index in [1.165, 1.54) is 5.56 Å². The monoisotopic (exact) mass is 193 g/mol. The minimum absolute atomic E-state index is 0.125. The molecule has 0 radical (unpaired) electrons. The molecule has 0 aromatic heterocycles. The number of benzene rings is 1. The van der Waals surface area contributed by atoms with Crippen LogP contribution in [0, 0.1) is 0 Å². The second-order valence-electron chi connectivity index (χ2n) is 5.19. The summed E-state index contributed by atoms with van der Waals surface area (Å²) in [6, 6.07) is 10.5. The summed E-state index contributed by atoms with van der Waals surface area (Å²) in [5.41, 5.74) is 1.47. The second-order valence-corrected chi connectivity index (χ2v) is 5.19. The first-order valence-electron chi connectivity index (χ1n) is 4.98. The first kappa shape index (κ1) is 11.2. The molecule has 0 atom stereocenters. The molecule has 0 saturated heterocycles. The van der Waals surface area contributed by atoms with Crippen molar-refractivity contribution in [2.75, 3.05) is 20.6 Å². The molecule has 1 aromatic rings. The van der Waals surface area contributed by atoms with Crippen LogP contribution in [0.5, 0.6) is 0 Å². The van der Waals surface area contributed by atoms with E-state index in [0.717, 1.165) is 6.54 Å². The standard InChI is InChI=1S/C12H21N2/c1-12(2,10-14(3,4)13)11-8-6-5-7-9-11/h5-9H,10,13H2,1-4H3/q+1. The molecule has 0 fully saturated rings. The van der Waals surface area contributed by atoms with Gasteiger partial charge in [0, 0.05) is 5.41 Å². The highest BCUT2D eigenvalue weighted by Crippen LogP contribution is 2.24.